The van der Waals surface area contributed by atoms with Gasteiger partial charge in [-0.3, -0.25) is 4.98 Å². The third-order valence-corrected chi connectivity index (χ3v) is 3.08. The summed E-state index contributed by atoms with van der Waals surface area (Å²) in [6.07, 6.45) is 6.90. The Morgan fingerprint density at radius 2 is 2.31 bits per heavy atom. The molecule has 1 unspecified atom stereocenters. The van der Waals surface area contributed by atoms with Gasteiger partial charge in [0.25, 0.3) is 0 Å². The Hall–Kier alpha value is -0.740. The second kappa shape index (κ2) is 7.52. The fourth-order valence-corrected chi connectivity index (χ4v) is 2.08. The molecule has 0 fully saturated rings. The molecular weight excluding hydrogens is 220 g/mol. The lowest BCUT2D eigenvalue weighted by Crippen LogP contribution is -2.21. The standard InChI is InChI=1S/C12H20N2OS/c1-4-14-12(5-6-16-3)10-7-11(15-2)9-13-8-10/h7-9,12,14H,4-6H2,1-3H3. The van der Waals surface area contributed by atoms with Gasteiger partial charge in [-0.15, -0.1) is 0 Å². The third kappa shape index (κ3) is 4.02. The Morgan fingerprint density at radius 3 is 2.94 bits per heavy atom. The molecule has 3 nitrogen and oxygen atoms in total. The van der Waals surface area contributed by atoms with Crippen molar-refractivity contribution in [1.82, 2.24) is 10.3 Å². The van der Waals surface area contributed by atoms with Crippen LogP contribution < -0.4 is 10.1 Å². The van der Waals surface area contributed by atoms with E-state index in [2.05, 4.69) is 29.5 Å². The number of hydrogen-bond acceptors (Lipinski definition) is 4. The first-order chi connectivity index (χ1) is 7.81. The van der Waals surface area contributed by atoms with E-state index in [9.17, 15) is 0 Å². The molecule has 90 valence electrons. The monoisotopic (exact) mass is 240 g/mol. The molecule has 0 aliphatic carbocycles. The van der Waals surface area contributed by atoms with Crippen LogP contribution in [0.25, 0.3) is 0 Å². The van der Waals surface area contributed by atoms with E-state index in [0.29, 0.717) is 6.04 Å². The summed E-state index contributed by atoms with van der Waals surface area (Å²) in [6, 6.07) is 2.43. The second-order valence-corrected chi connectivity index (χ2v) is 4.54. The highest BCUT2D eigenvalue weighted by atomic mass is 32.2. The van der Waals surface area contributed by atoms with E-state index in [4.69, 9.17) is 4.74 Å². The Labute approximate surface area is 102 Å². The molecule has 0 aliphatic rings. The van der Waals surface area contributed by atoms with Crippen LogP contribution in [0.4, 0.5) is 0 Å². The first-order valence-corrected chi connectivity index (χ1v) is 6.92. The number of rotatable bonds is 7. The van der Waals surface area contributed by atoms with Crippen LogP contribution in [0.3, 0.4) is 0 Å². The molecule has 1 aromatic heterocycles. The van der Waals surface area contributed by atoms with Crippen molar-refractivity contribution >= 4 is 11.8 Å². The first-order valence-electron chi connectivity index (χ1n) is 5.53. The number of ether oxygens (including phenoxy) is 1. The summed E-state index contributed by atoms with van der Waals surface area (Å²) in [4.78, 5) is 4.19. The molecule has 4 heteroatoms. The van der Waals surface area contributed by atoms with E-state index in [1.54, 1.807) is 13.3 Å². The molecule has 0 aliphatic heterocycles. The molecular formula is C12H20N2OS. The Kier molecular flexibility index (Phi) is 6.26. The van der Waals surface area contributed by atoms with Gasteiger partial charge in [-0.05, 0) is 36.6 Å². The van der Waals surface area contributed by atoms with Crippen molar-refractivity contribution in [3.63, 3.8) is 0 Å². The van der Waals surface area contributed by atoms with Gasteiger partial charge in [0.1, 0.15) is 5.75 Å². The van der Waals surface area contributed by atoms with E-state index >= 15 is 0 Å². The highest BCUT2D eigenvalue weighted by molar-refractivity contribution is 7.98. The average molecular weight is 240 g/mol. The molecule has 0 aromatic carbocycles. The van der Waals surface area contributed by atoms with Crippen LogP contribution in [0.1, 0.15) is 24.9 Å². The lowest BCUT2D eigenvalue weighted by Gasteiger charge is -2.17. The highest BCUT2D eigenvalue weighted by Crippen LogP contribution is 2.21. The van der Waals surface area contributed by atoms with Crippen LogP contribution in [0.5, 0.6) is 5.75 Å². The number of methoxy groups -OCH3 is 1. The number of hydrogen-bond donors (Lipinski definition) is 1. The SMILES string of the molecule is CCNC(CCSC)c1cncc(OC)c1. The van der Waals surface area contributed by atoms with Crippen LogP contribution in [0.2, 0.25) is 0 Å². The molecule has 1 aromatic rings. The maximum absolute atomic E-state index is 5.19. The predicted molar refractivity (Wildman–Crippen MR) is 70.2 cm³/mol. The molecule has 0 radical (unpaired) electrons. The normalized spacial score (nSPS) is 12.4. The van der Waals surface area contributed by atoms with Gasteiger partial charge in [0.05, 0.1) is 13.3 Å². The van der Waals surface area contributed by atoms with Gasteiger partial charge in [0.15, 0.2) is 0 Å². The predicted octanol–water partition coefficient (Wildman–Crippen LogP) is 2.49. The maximum Gasteiger partial charge on any atom is 0.137 e. The van der Waals surface area contributed by atoms with Crippen molar-refractivity contribution in [2.75, 3.05) is 25.7 Å². The minimum atomic E-state index is 0.375. The van der Waals surface area contributed by atoms with Crippen molar-refractivity contribution in [2.45, 2.75) is 19.4 Å². The number of nitrogens with one attached hydrogen (secondary N) is 1. The van der Waals surface area contributed by atoms with Gasteiger partial charge < -0.3 is 10.1 Å². The molecule has 16 heavy (non-hydrogen) atoms. The summed E-state index contributed by atoms with van der Waals surface area (Å²) in [5, 5.41) is 3.48. The third-order valence-electron chi connectivity index (χ3n) is 2.43. The van der Waals surface area contributed by atoms with Crippen molar-refractivity contribution in [1.29, 1.82) is 0 Å². The van der Waals surface area contributed by atoms with E-state index in [1.807, 2.05) is 18.0 Å². The Bertz CT molecular complexity index is 307. The van der Waals surface area contributed by atoms with Gasteiger partial charge in [-0.1, -0.05) is 6.92 Å². The van der Waals surface area contributed by atoms with Crippen LogP contribution in [0.15, 0.2) is 18.5 Å². The van der Waals surface area contributed by atoms with Crippen LogP contribution in [-0.4, -0.2) is 30.6 Å². The van der Waals surface area contributed by atoms with Crippen LogP contribution in [0, 0.1) is 0 Å². The molecule has 0 amide bonds. The number of thioether (sulfide) groups is 1. The summed E-state index contributed by atoms with van der Waals surface area (Å²) in [5.41, 5.74) is 1.20. The van der Waals surface area contributed by atoms with Crippen molar-refractivity contribution in [3.8, 4) is 5.75 Å². The number of pyridine rings is 1. The average Bonchev–Trinajstić information content (AvgIpc) is 2.34. The minimum Gasteiger partial charge on any atom is -0.495 e. The quantitative estimate of drug-likeness (QED) is 0.794. The fourth-order valence-electron chi connectivity index (χ4n) is 1.61. The molecule has 0 saturated heterocycles. The van der Waals surface area contributed by atoms with Crippen LogP contribution >= 0.6 is 11.8 Å². The zero-order chi connectivity index (χ0) is 11.8. The zero-order valence-electron chi connectivity index (χ0n) is 10.2. The summed E-state index contributed by atoms with van der Waals surface area (Å²) in [7, 11) is 1.67. The Balaban J connectivity index is 2.73. The van der Waals surface area contributed by atoms with Crippen molar-refractivity contribution in [3.05, 3.63) is 24.0 Å². The van der Waals surface area contributed by atoms with Gasteiger partial charge in [-0.2, -0.15) is 11.8 Å². The topological polar surface area (TPSA) is 34.2 Å². The smallest absolute Gasteiger partial charge is 0.137 e. The number of aromatic nitrogens is 1. The van der Waals surface area contributed by atoms with Gasteiger partial charge in [0, 0.05) is 12.2 Å². The minimum absolute atomic E-state index is 0.375. The van der Waals surface area contributed by atoms with Gasteiger partial charge >= 0.3 is 0 Å². The summed E-state index contributed by atoms with van der Waals surface area (Å²) in [5.74, 6) is 1.97. The first kappa shape index (κ1) is 13.3. The Morgan fingerprint density at radius 1 is 1.50 bits per heavy atom. The van der Waals surface area contributed by atoms with Crippen LogP contribution in [-0.2, 0) is 0 Å². The summed E-state index contributed by atoms with van der Waals surface area (Å²) < 4.78 is 5.19. The second-order valence-electron chi connectivity index (χ2n) is 3.55. The maximum atomic E-state index is 5.19. The van der Waals surface area contributed by atoms with Crippen molar-refractivity contribution < 1.29 is 4.74 Å². The molecule has 1 rings (SSSR count). The van der Waals surface area contributed by atoms with Gasteiger partial charge in [0.2, 0.25) is 0 Å². The molecule has 0 bridgehead atoms. The van der Waals surface area contributed by atoms with E-state index in [0.717, 1.165) is 24.5 Å². The molecule has 0 spiro atoms. The molecule has 0 saturated carbocycles. The summed E-state index contributed by atoms with van der Waals surface area (Å²) in [6.45, 7) is 3.09. The van der Waals surface area contributed by atoms with E-state index in [1.165, 1.54) is 5.56 Å². The van der Waals surface area contributed by atoms with E-state index < -0.39 is 0 Å². The lowest BCUT2D eigenvalue weighted by molar-refractivity contribution is 0.410. The summed E-state index contributed by atoms with van der Waals surface area (Å²) >= 11 is 1.87. The fraction of sp³-hybridized carbons (Fsp3) is 0.583. The molecule has 1 N–H and O–H groups in total. The lowest BCUT2D eigenvalue weighted by atomic mass is 10.1. The van der Waals surface area contributed by atoms with E-state index in [-0.39, 0.29) is 0 Å². The van der Waals surface area contributed by atoms with Gasteiger partial charge in [-0.25, -0.2) is 0 Å². The van der Waals surface area contributed by atoms with Crippen molar-refractivity contribution in [2.24, 2.45) is 0 Å². The molecule has 1 atom stereocenters. The highest BCUT2D eigenvalue weighted by Gasteiger charge is 2.10. The zero-order valence-corrected chi connectivity index (χ0v) is 11.0. The number of nitrogens with zero attached hydrogens (tertiary/aromatic N) is 1. The molecule has 1 heterocycles. The largest absolute Gasteiger partial charge is 0.495 e.